The van der Waals surface area contributed by atoms with Gasteiger partial charge in [-0.2, -0.15) is 26.9 Å². The van der Waals surface area contributed by atoms with Crippen LogP contribution in [0, 0.1) is 12.7 Å². The second-order valence-electron chi connectivity index (χ2n) is 9.95. The Kier molecular flexibility index (Phi) is 6.78. The first-order valence-electron chi connectivity index (χ1n) is 12.8. The molecule has 3 aromatic heterocycles. The van der Waals surface area contributed by atoms with Crippen LogP contribution < -0.4 is 9.47 Å². The summed E-state index contributed by atoms with van der Waals surface area (Å²) < 4.78 is 92.9. The maximum absolute atomic E-state index is 15.2. The monoisotopic (exact) mass is 576 g/mol. The molecule has 3 heterocycles. The molecule has 0 amide bonds. The minimum Gasteiger partial charge on any atom is -0.473 e. The van der Waals surface area contributed by atoms with Crippen molar-refractivity contribution in [2.45, 2.75) is 64.0 Å². The van der Waals surface area contributed by atoms with E-state index in [0.29, 0.717) is 29.8 Å². The molecule has 2 saturated carbocycles. The number of hydrogen-bond acceptors (Lipinski definition) is 7. The molecule has 0 unspecified atom stereocenters. The lowest BCUT2D eigenvalue weighted by molar-refractivity contribution is -0.140. The van der Waals surface area contributed by atoms with Gasteiger partial charge in [0.05, 0.1) is 11.3 Å². The van der Waals surface area contributed by atoms with Gasteiger partial charge in [0.15, 0.2) is 11.5 Å². The summed E-state index contributed by atoms with van der Waals surface area (Å²) >= 11 is 0. The Balaban J connectivity index is 1.25. The number of ether oxygens (including phenoxy) is 2. The summed E-state index contributed by atoms with van der Waals surface area (Å²) in [6.45, 7) is -1.59. The average Bonchev–Trinajstić information content (AvgIpc) is 3.84. The summed E-state index contributed by atoms with van der Waals surface area (Å²) in [5.41, 5.74) is 0.379. The molecule has 0 saturated heterocycles. The van der Waals surface area contributed by atoms with Gasteiger partial charge in [0.2, 0.25) is 11.8 Å². The number of halogens is 6. The van der Waals surface area contributed by atoms with Gasteiger partial charge in [-0.15, -0.1) is 0 Å². The van der Waals surface area contributed by atoms with E-state index in [2.05, 4.69) is 29.7 Å². The van der Waals surface area contributed by atoms with Crippen molar-refractivity contribution in [3.05, 3.63) is 65.3 Å². The van der Waals surface area contributed by atoms with Gasteiger partial charge in [-0.3, -0.25) is 0 Å². The fourth-order valence-electron chi connectivity index (χ4n) is 4.51. The lowest BCUT2D eigenvalue weighted by Crippen LogP contribution is -2.09. The van der Waals surface area contributed by atoms with E-state index in [1.807, 2.05) is 0 Å². The van der Waals surface area contributed by atoms with Crippen LogP contribution in [0.25, 0.3) is 22.8 Å². The molecule has 4 aromatic rings. The number of nitrogens with zero attached hydrogens (tertiary/aromatic N) is 6. The Hall–Kier alpha value is -4.23. The molecule has 6 rings (SSSR count). The number of aromatic nitrogens is 6. The van der Waals surface area contributed by atoms with E-state index < -0.39 is 24.3 Å². The number of benzene rings is 1. The summed E-state index contributed by atoms with van der Waals surface area (Å²) in [7, 11) is 0. The second-order valence-corrected chi connectivity index (χ2v) is 9.95. The zero-order valence-corrected chi connectivity index (χ0v) is 21.5. The second kappa shape index (κ2) is 10.3. The van der Waals surface area contributed by atoms with Crippen LogP contribution in [0.1, 0.15) is 60.3 Å². The van der Waals surface area contributed by atoms with Crippen LogP contribution >= 0.6 is 0 Å². The Bertz CT molecular complexity index is 1600. The molecule has 0 N–H and O–H groups in total. The molecule has 0 atom stereocenters. The number of rotatable bonds is 9. The summed E-state index contributed by atoms with van der Waals surface area (Å²) in [6.07, 6.45) is 0.471. The van der Waals surface area contributed by atoms with Crippen LogP contribution in [-0.4, -0.2) is 36.1 Å². The minimum atomic E-state index is -4.65. The fraction of sp³-hybridized carbons (Fsp3) is 0.370. The van der Waals surface area contributed by atoms with Crippen molar-refractivity contribution in [1.82, 2.24) is 29.5 Å². The van der Waals surface area contributed by atoms with E-state index in [1.165, 1.54) is 22.8 Å². The van der Waals surface area contributed by atoms with Crippen molar-refractivity contribution >= 4 is 0 Å². The highest BCUT2D eigenvalue weighted by molar-refractivity contribution is 5.66. The highest BCUT2D eigenvalue weighted by atomic mass is 19.4. The summed E-state index contributed by atoms with van der Waals surface area (Å²) in [5.74, 6) is -0.998. The first-order chi connectivity index (χ1) is 19.6. The van der Waals surface area contributed by atoms with Crippen molar-refractivity contribution in [1.29, 1.82) is 0 Å². The van der Waals surface area contributed by atoms with Crippen LogP contribution in [0.4, 0.5) is 26.3 Å². The van der Waals surface area contributed by atoms with E-state index in [9.17, 15) is 22.0 Å². The van der Waals surface area contributed by atoms with Crippen LogP contribution in [0.5, 0.6) is 11.8 Å². The first-order valence-corrected chi connectivity index (χ1v) is 12.8. The summed E-state index contributed by atoms with van der Waals surface area (Å²) in [6, 6.07) is 5.43. The van der Waals surface area contributed by atoms with Crippen LogP contribution in [0.3, 0.4) is 0 Å². The van der Waals surface area contributed by atoms with Gasteiger partial charge in [0.1, 0.15) is 30.1 Å². The zero-order chi connectivity index (χ0) is 28.9. The first kappa shape index (κ1) is 27.0. The van der Waals surface area contributed by atoms with Crippen molar-refractivity contribution in [2.24, 2.45) is 0 Å². The van der Waals surface area contributed by atoms with Gasteiger partial charge in [-0.25, -0.2) is 24.3 Å². The molecule has 1 aromatic carbocycles. The molecule has 214 valence electrons. The number of alkyl halides is 5. The van der Waals surface area contributed by atoms with Gasteiger partial charge in [-0.05, 0) is 50.3 Å². The number of imidazole rings is 1. The smallest absolute Gasteiger partial charge is 0.434 e. The molecule has 2 aliphatic rings. The maximum Gasteiger partial charge on any atom is 0.434 e. The van der Waals surface area contributed by atoms with Crippen molar-refractivity contribution in [3.63, 3.8) is 0 Å². The molecular formula is C27H22F6N6O2. The van der Waals surface area contributed by atoms with Gasteiger partial charge < -0.3 is 14.0 Å². The van der Waals surface area contributed by atoms with Gasteiger partial charge >= 0.3 is 12.8 Å². The average molecular weight is 577 g/mol. The molecule has 8 nitrogen and oxygen atoms in total. The third kappa shape index (κ3) is 5.81. The normalized spacial score (nSPS) is 15.4. The van der Waals surface area contributed by atoms with E-state index in [0.717, 1.165) is 31.4 Å². The SMILES string of the molecule is Cc1cc(OCc2ccc(-c3nc(C(F)(F)F)cn3C3CC3)c(F)c2)nc(-c2c(OC(F)F)ncnc2C2CC2)n1. The molecule has 0 spiro atoms. The Morgan fingerprint density at radius 1 is 1.02 bits per heavy atom. The molecule has 0 aliphatic heterocycles. The zero-order valence-electron chi connectivity index (χ0n) is 21.5. The Morgan fingerprint density at radius 3 is 2.46 bits per heavy atom. The van der Waals surface area contributed by atoms with Gasteiger partial charge in [0, 0.05) is 29.9 Å². The predicted molar refractivity (Wildman–Crippen MR) is 132 cm³/mol. The van der Waals surface area contributed by atoms with Crippen LogP contribution in [0.2, 0.25) is 0 Å². The molecule has 0 bridgehead atoms. The predicted octanol–water partition coefficient (Wildman–Crippen LogP) is 6.66. The van der Waals surface area contributed by atoms with Crippen LogP contribution in [-0.2, 0) is 12.8 Å². The van der Waals surface area contributed by atoms with E-state index in [4.69, 9.17) is 4.74 Å². The lowest BCUT2D eigenvalue weighted by Gasteiger charge is -2.14. The van der Waals surface area contributed by atoms with Crippen LogP contribution in [0.15, 0.2) is 36.8 Å². The van der Waals surface area contributed by atoms with Gasteiger partial charge in [-0.1, -0.05) is 6.07 Å². The third-order valence-corrected chi connectivity index (χ3v) is 6.69. The van der Waals surface area contributed by atoms with Crippen molar-refractivity contribution in [2.75, 3.05) is 0 Å². The minimum absolute atomic E-state index is 0.0470. The van der Waals surface area contributed by atoms with E-state index in [1.54, 1.807) is 6.92 Å². The maximum atomic E-state index is 15.2. The Labute approximate surface area is 229 Å². The standard InChI is InChI=1S/C27H22F6N6O2/c1-13-8-20(38-23(36-13)21-22(15-3-4-15)34-12-35-25(21)41-26(29)30)40-11-14-2-7-17(18(28)9-14)24-37-19(27(31,32)33)10-39(24)16-5-6-16/h2,7-10,12,15-16,26H,3-6,11H2,1H3. The largest absolute Gasteiger partial charge is 0.473 e. The third-order valence-electron chi connectivity index (χ3n) is 6.69. The van der Waals surface area contributed by atoms with E-state index >= 15 is 4.39 Å². The lowest BCUT2D eigenvalue weighted by atomic mass is 10.1. The molecule has 0 radical (unpaired) electrons. The highest BCUT2D eigenvalue weighted by Gasteiger charge is 2.38. The van der Waals surface area contributed by atoms with Crippen molar-refractivity contribution in [3.8, 4) is 34.5 Å². The fourth-order valence-corrected chi connectivity index (χ4v) is 4.51. The van der Waals surface area contributed by atoms with Crippen molar-refractivity contribution < 1.29 is 35.8 Å². The molecular weight excluding hydrogens is 554 g/mol. The Morgan fingerprint density at radius 2 is 1.80 bits per heavy atom. The highest BCUT2D eigenvalue weighted by Crippen LogP contribution is 2.45. The number of aryl methyl sites for hydroxylation is 1. The van der Waals surface area contributed by atoms with Gasteiger partial charge in [0.25, 0.3) is 0 Å². The number of hydrogen-bond donors (Lipinski definition) is 0. The topological polar surface area (TPSA) is 87.8 Å². The molecule has 2 fully saturated rings. The summed E-state index contributed by atoms with van der Waals surface area (Å²) in [4.78, 5) is 20.5. The van der Waals surface area contributed by atoms with E-state index in [-0.39, 0.29) is 53.1 Å². The quantitative estimate of drug-likeness (QED) is 0.206. The molecule has 14 heteroatoms. The molecule has 41 heavy (non-hydrogen) atoms. The molecule has 2 aliphatic carbocycles. The summed E-state index contributed by atoms with van der Waals surface area (Å²) in [5, 5.41) is 0.